The van der Waals surface area contributed by atoms with E-state index in [1.54, 1.807) is 0 Å². The van der Waals surface area contributed by atoms with E-state index in [4.69, 9.17) is 9.97 Å². The summed E-state index contributed by atoms with van der Waals surface area (Å²) in [6.45, 7) is 6.21. The van der Waals surface area contributed by atoms with E-state index in [9.17, 15) is 0 Å². The quantitative estimate of drug-likeness (QED) is 0.724. The van der Waals surface area contributed by atoms with Crippen molar-refractivity contribution >= 4 is 0 Å². The lowest BCUT2D eigenvalue weighted by Gasteiger charge is -2.32. The predicted molar refractivity (Wildman–Crippen MR) is 92.4 cm³/mol. The van der Waals surface area contributed by atoms with Crippen molar-refractivity contribution in [2.24, 2.45) is 0 Å². The van der Waals surface area contributed by atoms with Crippen molar-refractivity contribution < 1.29 is 0 Å². The molecule has 3 heterocycles. The molecular formula is C20H21N3. The molecule has 3 aromatic rings. The van der Waals surface area contributed by atoms with Crippen LogP contribution in [0.5, 0.6) is 0 Å². The van der Waals surface area contributed by atoms with Gasteiger partial charge in [-0.3, -0.25) is 15.0 Å². The fourth-order valence-electron chi connectivity index (χ4n) is 3.11. The van der Waals surface area contributed by atoms with Crippen LogP contribution in [0.2, 0.25) is 0 Å². The zero-order valence-electron chi connectivity index (χ0n) is 13.8. The summed E-state index contributed by atoms with van der Waals surface area (Å²) >= 11 is 0. The van der Waals surface area contributed by atoms with Gasteiger partial charge in [-0.2, -0.15) is 0 Å². The number of pyridine rings is 3. The Bertz CT molecular complexity index is 751. The van der Waals surface area contributed by atoms with E-state index in [-0.39, 0.29) is 0 Å². The standard InChI is InChI=1S/C20H21N3/c1-4-20(17-11-5-6-14-21-17,18-12-7-9-15(2)22-18)19-13-8-10-16(3)23-19/h5-14H,4H2,1-3H3. The molecule has 0 saturated carbocycles. The van der Waals surface area contributed by atoms with Gasteiger partial charge in [0.15, 0.2) is 0 Å². The van der Waals surface area contributed by atoms with Crippen LogP contribution in [0.15, 0.2) is 60.8 Å². The molecule has 0 N–H and O–H groups in total. The lowest BCUT2D eigenvalue weighted by Crippen LogP contribution is -2.32. The van der Waals surface area contributed by atoms with Crippen LogP contribution in [-0.4, -0.2) is 15.0 Å². The summed E-state index contributed by atoms with van der Waals surface area (Å²) in [7, 11) is 0. The first kappa shape index (κ1) is 15.3. The summed E-state index contributed by atoms with van der Waals surface area (Å²) in [5, 5.41) is 0. The van der Waals surface area contributed by atoms with Crippen molar-refractivity contribution in [3.05, 3.63) is 89.3 Å². The second-order valence-electron chi connectivity index (χ2n) is 5.80. The minimum Gasteiger partial charge on any atom is -0.260 e. The predicted octanol–water partition coefficient (Wildman–Crippen LogP) is 4.23. The summed E-state index contributed by atoms with van der Waals surface area (Å²) in [5.74, 6) is 0. The lowest BCUT2D eigenvalue weighted by atomic mass is 9.74. The smallest absolute Gasteiger partial charge is 0.0964 e. The Balaban J connectivity index is 2.32. The maximum absolute atomic E-state index is 4.82. The van der Waals surface area contributed by atoms with Gasteiger partial charge in [0, 0.05) is 17.6 Å². The average molecular weight is 303 g/mol. The van der Waals surface area contributed by atoms with E-state index in [0.717, 1.165) is 34.9 Å². The van der Waals surface area contributed by atoms with Gasteiger partial charge in [-0.1, -0.05) is 25.1 Å². The van der Waals surface area contributed by atoms with Crippen LogP contribution in [0, 0.1) is 13.8 Å². The van der Waals surface area contributed by atoms with Crippen LogP contribution in [-0.2, 0) is 5.41 Å². The molecule has 23 heavy (non-hydrogen) atoms. The maximum atomic E-state index is 4.82. The van der Waals surface area contributed by atoms with Crippen molar-refractivity contribution in [2.75, 3.05) is 0 Å². The van der Waals surface area contributed by atoms with Crippen LogP contribution in [0.3, 0.4) is 0 Å². The second-order valence-corrected chi connectivity index (χ2v) is 5.80. The molecule has 0 aliphatic rings. The SMILES string of the molecule is CCC(c1ccccn1)(c1cccc(C)n1)c1cccc(C)n1. The first-order valence-electron chi connectivity index (χ1n) is 7.96. The Morgan fingerprint density at radius 2 is 1.30 bits per heavy atom. The molecule has 3 rings (SSSR count). The largest absolute Gasteiger partial charge is 0.260 e. The van der Waals surface area contributed by atoms with Gasteiger partial charge in [0.2, 0.25) is 0 Å². The number of nitrogens with zero attached hydrogens (tertiary/aromatic N) is 3. The Morgan fingerprint density at radius 1 is 0.739 bits per heavy atom. The molecule has 0 bridgehead atoms. The molecule has 0 radical (unpaired) electrons. The first-order valence-corrected chi connectivity index (χ1v) is 7.96. The minimum absolute atomic E-state index is 0.431. The number of hydrogen-bond donors (Lipinski definition) is 0. The fraction of sp³-hybridized carbons (Fsp3) is 0.250. The van der Waals surface area contributed by atoms with Gasteiger partial charge in [0.05, 0.1) is 22.5 Å². The summed E-state index contributed by atoms with van der Waals surface area (Å²) in [5.41, 5.74) is 4.55. The molecule has 3 heteroatoms. The Labute approximate surface area is 137 Å². The molecule has 116 valence electrons. The van der Waals surface area contributed by atoms with Gasteiger partial charge >= 0.3 is 0 Å². The van der Waals surface area contributed by atoms with Crippen molar-refractivity contribution in [2.45, 2.75) is 32.6 Å². The molecule has 0 aliphatic carbocycles. The van der Waals surface area contributed by atoms with E-state index >= 15 is 0 Å². The summed E-state index contributed by atoms with van der Waals surface area (Å²) < 4.78 is 0. The van der Waals surface area contributed by atoms with E-state index in [1.165, 1.54) is 0 Å². The van der Waals surface area contributed by atoms with Gasteiger partial charge in [-0.25, -0.2) is 0 Å². The van der Waals surface area contributed by atoms with Crippen molar-refractivity contribution in [1.82, 2.24) is 15.0 Å². The van der Waals surface area contributed by atoms with Crippen molar-refractivity contribution in [3.8, 4) is 0 Å². The van der Waals surface area contributed by atoms with Gasteiger partial charge in [0.1, 0.15) is 0 Å². The van der Waals surface area contributed by atoms with E-state index in [1.807, 2.05) is 44.3 Å². The number of hydrogen-bond acceptors (Lipinski definition) is 3. The molecule has 0 aliphatic heterocycles. The van der Waals surface area contributed by atoms with Crippen LogP contribution in [0.4, 0.5) is 0 Å². The van der Waals surface area contributed by atoms with Crippen LogP contribution in [0.25, 0.3) is 0 Å². The normalized spacial score (nSPS) is 11.4. The summed E-state index contributed by atoms with van der Waals surface area (Å²) in [6.07, 6.45) is 2.68. The molecule has 3 nitrogen and oxygen atoms in total. The third kappa shape index (κ3) is 2.74. The molecule has 0 spiro atoms. The Hall–Kier alpha value is -2.55. The third-order valence-corrected chi connectivity index (χ3v) is 4.28. The molecular weight excluding hydrogens is 282 g/mol. The minimum atomic E-state index is -0.431. The highest BCUT2D eigenvalue weighted by atomic mass is 14.8. The maximum Gasteiger partial charge on any atom is 0.0964 e. The molecule has 0 fully saturated rings. The topological polar surface area (TPSA) is 38.7 Å². The summed E-state index contributed by atoms with van der Waals surface area (Å²) in [4.78, 5) is 14.3. The fourth-order valence-corrected chi connectivity index (χ4v) is 3.11. The van der Waals surface area contributed by atoms with Gasteiger partial charge < -0.3 is 0 Å². The van der Waals surface area contributed by atoms with Gasteiger partial charge in [-0.05, 0) is 56.7 Å². The lowest BCUT2D eigenvalue weighted by molar-refractivity contribution is 0.538. The Kier molecular flexibility index (Phi) is 4.20. The first-order chi connectivity index (χ1) is 11.2. The number of rotatable bonds is 4. The second kappa shape index (κ2) is 6.29. The molecule has 3 aromatic heterocycles. The average Bonchev–Trinajstić information content (AvgIpc) is 2.57. The zero-order valence-corrected chi connectivity index (χ0v) is 13.8. The highest BCUT2D eigenvalue weighted by Crippen LogP contribution is 2.39. The highest BCUT2D eigenvalue weighted by molar-refractivity contribution is 5.42. The van der Waals surface area contributed by atoms with Crippen LogP contribution in [0.1, 0.15) is 41.8 Å². The van der Waals surface area contributed by atoms with Gasteiger partial charge in [-0.15, -0.1) is 0 Å². The molecule has 0 atom stereocenters. The van der Waals surface area contributed by atoms with E-state index in [0.29, 0.717) is 0 Å². The monoisotopic (exact) mass is 303 g/mol. The van der Waals surface area contributed by atoms with Crippen LogP contribution < -0.4 is 0 Å². The molecule has 0 unspecified atom stereocenters. The van der Waals surface area contributed by atoms with Crippen LogP contribution >= 0.6 is 0 Å². The third-order valence-electron chi connectivity index (χ3n) is 4.28. The van der Waals surface area contributed by atoms with Crippen molar-refractivity contribution in [3.63, 3.8) is 0 Å². The zero-order chi connectivity index (χ0) is 16.3. The van der Waals surface area contributed by atoms with Crippen molar-refractivity contribution in [1.29, 1.82) is 0 Å². The van der Waals surface area contributed by atoms with E-state index < -0.39 is 5.41 Å². The molecule has 0 aromatic carbocycles. The Morgan fingerprint density at radius 3 is 1.74 bits per heavy atom. The number of aryl methyl sites for hydroxylation is 2. The number of aromatic nitrogens is 3. The highest BCUT2D eigenvalue weighted by Gasteiger charge is 2.38. The van der Waals surface area contributed by atoms with E-state index in [2.05, 4.69) is 42.2 Å². The molecule has 0 saturated heterocycles. The summed E-state index contributed by atoms with van der Waals surface area (Å²) in [6, 6.07) is 18.3. The van der Waals surface area contributed by atoms with Gasteiger partial charge in [0.25, 0.3) is 0 Å². The molecule has 0 amide bonds.